The van der Waals surface area contributed by atoms with Crippen LogP contribution in [0.5, 0.6) is 0 Å². The Hall–Kier alpha value is -3.72. The van der Waals surface area contributed by atoms with Crippen LogP contribution in [0.2, 0.25) is 0 Å². The Kier molecular flexibility index (Phi) is 3.09. The van der Waals surface area contributed by atoms with E-state index in [0.29, 0.717) is 0 Å². The average molecular weight is 360 g/mol. The molecule has 1 aliphatic heterocycles. The molecule has 0 spiro atoms. The fourth-order valence-electron chi connectivity index (χ4n) is 4.55. The van der Waals surface area contributed by atoms with Gasteiger partial charge in [-0.25, -0.2) is 0 Å². The minimum Gasteiger partial charge on any atom is -0.374 e. The van der Waals surface area contributed by atoms with Crippen LogP contribution < -0.4 is 5.32 Å². The van der Waals surface area contributed by atoms with Crippen LogP contribution in [0.1, 0.15) is 33.1 Å². The molecule has 0 saturated heterocycles. The first kappa shape index (κ1) is 15.3. The molecule has 0 unspecified atom stereocenters. The Morgan fingerprint density at radius 2 is 1.54 bits per heavy atom. The van der Waals surface area contributed by atoms with Gasteiger partial charge in [0.2, 0.25) is 0 Å². The van der Waals surface area contributed by atoms with Crippen molar-refractivity contribution in [3.05, 3.63) is 107 Å². The zero-order chi connectivity index (χ0) is 18.7. The summed E-state index contributed by atoms with van der Waals surface area (Å²) in [6.07, 6.45) is 3.60. The molecule has 0 radical (unpaired) electrons. The number of hydrogen-bond acceptors (Lipinski definition) is 3. The van der Waals surface area contributed by atoms with Gasteiger partial charge in [0.1, 0.15) is 0 Å². The summed E-state index contributed by atoms with van der Waals surface area (Å²) >= 11 is 0. The van der Waals surface area contributed by atoms with E-state index in [0.717, 1.165) is 49.9 Å². The molecule has 2 heterocycles. The number of carbonyl (C=O) groups is 1. The molecular formula is C25H16N2O. The molecule has 1 N–H and O–H groups in total. The lowest BCUT2D eigenvalue weighted by Crippen LogP contribution is -2.19. The van der Waals surface area contributed by atoms with E-state index < -0.39 is 0 Å². The number of aromatic nitrogens is 1. The summed E-state index contributed by atoms with van der Waals surface area (Å²) in [6, 6.07) is 24.3. The molecule has 6 rings (SSSR count). The van der Waals surface area contributed by atoms with Crippen molar-refractivity contribution in [3.8, 4) is 0 Å². The first-order chi connectivity index (χ1) is 13.8. The van der Waals surface area contributed by atoms with Gasteiger partial charge in [-0.3, -0.25) is 9.78 Å². The van der Waals surface area contributed by atoms with E-state index >= 15 is 0 Å². The molecule has 28 heavy (non-hydrogen) atoms. The quantitative estimate of drug-likeness (QED) is 0.487. The van der Waals surface area contributed by atoms with Crippen molar-refractivity contribution >= 4 is 33.4 Å². The van der Waals surface area contributed by atoms with E-state index in [1.54, 1.807) is 12.4 Å². The molecule has 0 saturated carbocycles. The molecular weight excluding hydrogens is 344 g/mol. The van der Waals surface area contributed by atoms with Crippen molar-refractivity contribution in [2.75, 3.05) is 5.32 Å². The molecule has 4 aromatic rings. The SMILES string of the molecule is O=C1C2=C(c3ccccc31)[C@H](c1ccncc1)Nc1ccc3ccccc3c12. The first-order valence-electron chi connectivity index (χ1n) is 9.40. The lowest BCUT2D eigenvalue weighted by atomic mass is 9.84. The Bertz CT molecular complexity index is 1300. The van der Waals surface area contributed by atoms with Gasteiger partial charge in [0.25, 0.3) is 0 Å². The van der Waals surface area contributed by atoms with E-state index in [9.17, 15) is 4.79 Å². The van der Waals surface area contributed by atoms with Crippen LogP contribution in [0.15, 0.2) is 85.2 Å². The summed E-state index contributed by atoms with van der Waals surface area (Å²) in [5.41, 5.74) is 6.82. The van der Waals surface area contributed by atoms with Gasteiger partial charge < -0.3 is 5.32 Å². The third-order valence-corrected chi connectivity index (χ3v) is 5.77. The number of nitrogens with one attached hydrogen (secondary N) is 1. The highest BCUT2D eigenvalue weighted by atomic mass is 16.1. The lowest BCUT2D eigenvalue weighted by Gasteiger charge is -2.30. The number of pyridine rings is 1. The first-order valence-corrected chi connectivity index (χ1v) is 9.40. The van der Waals surface area contributed by atoms with Gasteiger partial charge in [-0.05, 0) is 45.7 Å². The summed E-state index contributed by atoms with van der Waals surface area (Å²) in [7, 11) is 0. The second kappa shape index (κ2) is 5.64. The summed E-state index contributed by atoms with van der Waals surface area (Å²) < 4.78 is 0. The van der Waals surface area contributed by atoms with Gasteiger partial charge in [0, 0.05) is 34.8 Å². The second-order valence-corrected chi connectivity index (χ2v) is 7.23. The number of hydrogen-bond donors (Lipinski definition) is 1. The monoisotopic (exact) mass is 360 g/mol. The zero-order valence-electron chi connectivity index (χ0n) is 15.0. The number of benzene rings is 3. The molecule has 3 heteroatoms. The Morgan fingerprint density at radius 1 is 0.786 bits per heavy atom. The Labute approximate surface area is 162 Å². The maximum Gasteiger partial charge on any atom is 0.194 e. The molecule has 0 bridgehead atoms. The minimum absolute atomic E-state index is 0.0840. The van der Waals surface area contributed by atoms with Gasteiger partial charge in [0.15, 0.2) is 5.78 Å². The van der Waals surface area contributed by atoms with Crippen LogP contribution in [-0.4, -0.2) is 10.8 Å². The van der Waals surface area contributed by atoms with Crippen LogP contribution in [0, 0.1) is 0 Å². The molecule has 0 fully saturated rings. The van der Waals surface area contributed by atoms with Gasteiger partial charge >= 0.3 is 0 Å². The fourth-order valence-corrected chi connectivity index (χ4v) is 4.55. The molecule has 1 aromatic heterocycles. The largest absolute Gasteiger partial charge is 0.374 e. The number of Topliss-reactive ketones (excluding diaryl/α,β-unsaturated/α-hetero) is 1. The molecule has 132 valence electrons. The van der Waals surface area contributed by atoms with Crippen molar-refractivity contribution < 1.29 is 4.79 Å². The third-order valence-electron chi connectivity index (χ3n) is 5.77. The highest BCUT2D eigenvalue weighted by Gasteiger charge is 2.39. The van der Waals surface area contributed by atoms with E-state index in [1.165, 1.54) is 0 Å². The smallest absolute Gasteiger partial charge is 0.194 e. The van der Waals surface area contributed by atoms with Gasteiger partial charge in [0.05, 0.1) is 6.04 Å². The highest BCUT2D eigenvalue weighted by molar-refractivity contribution is 6.43. The third kappa shape index (κ3) is 1.99. The summed E-state index contributed by atoms with van der Waals surface area (Å²) in [5.74, 6) is 0.115. The van der Waals surface area contributed by atoms with E-state index in [1.807, 2.05) is 42.5 Å². The van der Waals surface area contributed by atoms with Crippen molar-refractivity contribution in [2.45, 2.75) is 6.04 Å². The van der Waals surface area contributed by atoms with Crippen LogP contribution in [0.3, 0.4) is 0 Å². The Morgan fingerprint density at radius 3 is 2.39 bits per heavy atom. The molecule has 3 nitrogen and oxygen atoms in total. The highest BCUT2D eigenvalue weighted by Crippen LogP contribution is 2.52. The molecule has 3 aromatic carbocycles. The van der Waals surface area contributed by atoms with Crippen LogP contribution >= 0.6 is 0 Å². The number of rotatable bonds is 1. The number of carbonyl (C=O) groups excluding carboxylic acids is 1. The molecule has 1 atom stereocenters. The maximum atomic E-state index is 13.5. The number of nitrogens with zero attached hydrogens (tertiary/aromatic N) is 1. The van der Waals surface area contributed by atoms with Crippen LogP contribution in [0.4, 0.5) is 5.69 Å². The van der Waals surface area contributed by atoms with E-state index in [-0.39, 0.29) is 11.8 Å². The molecule has 2 aliphatic rings. The second-order valence-electron chi connectivity index (χ2n) is 7.23. The Balaban J connectivity index is 1.72. The summed E-state index contributed by atoms with van der Waals surface area (Å²) in [4.78, 5) is 17.7. The molecule has 0 amide bonds. The number of fused-ring (bicyclic) bond motifs is 6. The number of allylic oxidation sites excluding steroid dienone is 1. The molecule has 1 aliphatic carbocycles. The average Bonchev–Trinajstić information content (AvgIpc) is 3.07. The summed E-state index contributed by atoms with van der Waals surface area (Å²) in [5, 5.41) is 5.95. The maximum absolute atomic E-state index is 13.5. The van der Waals surface area contributed by atoms with Gasteiger partial charge in [-0.15, -0.1) is 0 Å². The van der Waals surface area contributed by atoms with Crippen molar-refractivity contribution in [2.24, 2.45) is 0 Å². The number of ketones is 1. The van der Waals surface area contributed by atoms with Gasteiger partial charge in [-0.2, -0.15) is 0 Å². The standard InChI is InChI=1S/C25H16N2O/c28-25-19-8-4-3-7-18(19)22-23(25)21-17-6-2-1-5-15(17)9-10-20(21)27-24(22)16-11-13-26-14-12-16/h1-14,24,27H/t24-/m0/s1. The predicted molar refractivity (Wildman–Crippen MR) is 112 cm³/mol. The van der Waals surface area contributed by atoms with Crippen molar-refractivity contribution in [1.82, 2.24) is 4.98 Å². The fraction of sp³-hybridized carbons (Fsp3) is 0.0400. The normalized spacial score (nSPS) is 17.1. The zero-order valence-corrected chi connectivity index (χ0v) is 15.0. The van der Waals surface area contributed by atoms with Crippen molar-refractivity contribution in [1.29, 1.82) is 0 Å². The van der Waals surface area contributed by atoms with E-state index in [4.69, 9.17) is 0 Å². The number of anilines is 1. The van der Waals surface area contributed by atoms with E-state index in [2.05, 4.69) is 40.6 Å². The topological polar surface area (TPSA) is 42.0 Å². The minimum atomic E-state index is -0.0840. The predicted octanol–water partition coefficient (Wildman–Crippen LogP) is 5.51. The van der Waals surface area contributed by atoms with Crippen molar-refractivity contribution in [3.63, 3.8) is 0 Å². The van der Waals surface area contributed by atoms with Crippen LogP contribution in [-0.2, 0) is 0 Å². The van der Waals surface area contributed by atoms with Gasteiger partial charge in [-0.1, -0.05) is 54.6 Å². The lowest BCUT2D eigenvalue weighted by molar-refractivity contribution is 0.105. The summed E-state index contributed by atoms with van der Waals surface area (Å²) in [6.45, 7) is 0. The van der Waals surface area contributed by atoms with Crippen LogP contribution in [0.25, 0.3) is 21.9 Å².